The van der Waals surface area contributed by atoms with Crippen LogP contribution in [0.2, 0.25) is 0 Å². The van der Waals surface area contributed by atoms with Gasteiger partial charge in [-0.25, -0.2) is 17.6 Å². The maximum Gasteiger partial charge on any atom is 0.233 e. The third-order valence-electron chi connectivity index (χ3n) is 2.49. The number of carbonyl (C=O) groups excluding carboxylic acids is 2. The van der Waals surface area contributed by atoms with Gasteiger partial charge in [0.05, 0.1) is 11.1 Å². The van der Waals surface area contributed by atoms with Gasteiger partial charge in [-0.15, -0.1) is 0 Å². The topological polar surface area (TPSA) is 34.1 Å². The van der Waals surface area contributed by atoms with E-state index < -0.39 is 44.6 Å². The van der Waals surface area contributed by atoms with Crippen LogP contribution >= 0.6 is 21.6 Å². The summed E-state index contributed by atoms with van der Waals surface area (Å²) in [5.41, 5.74) is -1.07. The summed E-state index contributed by atoms with van der Waals surface area (Å²) in [6.07, 6.45) is 0. The van der Waals surface area contributed by atoms with Gasteiger partial charge in [-0.3, -0.25) is 9.59 Å². The number of carbonyl (C=O) groups is 2. The number of halogens is 4. The summed E-state index contributed by atoms with van der Waals surface area (Å²) in [4.78, 5) is 23.4. The molecule has 0 fully saturated rings. The number of rotatable bonds is 2. The van der Waals surface area contributed by atoms with Crippen molar-refractivity contribution in [1.82, 2.24) is 0 Å². The summed E-state index contributed by atoms with van der Waals surface area (Å²) >= 11 is 0. The van der Waals surface area contributed by atoms with Crippen molar-refractivity contribution in [3.63, 3.8) is 0 Å². The molecule has 2 aromatic rings. The highest BCUT2D eigenvalue weighted by Crippen LogP contribution is 2.31. The fourth-order valence-corrected chi connectivity index (χ4v) is 3.11. The molecule has 0 aliphatic carbocycles. The molecule has 0 aliphatic rings. The molecule has 2 nitrogen and oxygen atoms in total. The molecule has 0 aliphatic heterocycles. The maximum atomic E-state index is 13.4. The predicted octanol–water partition coefficient (Wildman–Crippen LogP) is 4.61. The largest absolute Gasteiger partial charge is 0.281 e. The fourth-order valence-electron chi connectivity index (χ4n) is 1.47. The van der Waals surface area contributed by atoms with Crippen LogP contribution < -0.4 is 0 Å². The third kappa shape index (κ3) is 3.89. The highest BCUT2D eigenvalue weighted by molar-refractivity contribution is 8.87. The third-order valence-corrected chi connectivity index (χ3v) is 4.47. The Morgan fingerprint density at radius 1 is 0.682 bits per heavy atom. The Balaban J connectivity index is 2.09. The highest BCUT2D eigenvalue weighted by Gasteiger charge is 2.19. The summed E-state index contributed by atoms with van der Waals surface area (Å²) in [6, 6.07) is 4.63. The van der Waals surface area contributed by atoms with E-state index in [9.17, 15) is 27.2 Å². The number of hydrogen-bond donors (Lipinski definition) is 0. The molecule has 0 heterocycles. The Morgan fingerprint density at radius 3 is 1.41 bits per heavy atom. The average molecular weight is 346 g/mol. The van der Waals surface area contributed by atoms with E-state index >= 15 is 0 Å². The maximum absolute atomic E-state index is 13.4. The summed E-state index contributed by atoms with van der Waals surface area (Å²) in [5, 5.41) is -1.82. The molecule has 0 N–H and O–H groups in total. The zero-order valence-corrected chi connectivity index (χ0v) is 12.2. The van der Waals surface area contributed by atoms with E-state index in [0.29, 0.717) is 33.7 Å². The van der Waals surface area contributed by atoms with E-state index in [1.165, 1.54) is 0 Å². The van der Waals surface area contributed by atoms with Gasteiger partial charge in [0.15, 0.2) is 0 Å². The molecule has 0 aromatic heterocycles. The lowest BCUT2D eigenvalue weighted by molar-refractivity contribution is 0.107. The molecule has 0 saturated carbocycles. The lowest BCUT2D eigenvalue weighted by Crippen LogP contribution is -2.01. The summed E-state index contributed by atoms with van der Waals surface area (Å²) < 4.78 is 52.7. The first-order valence-electron chi connectivity index (χ1n) is 5.72. The summed E-state index contributed by atoms with van der Waals surface area (Å²) in [5.74, 6) is -3.50. The average Bonchev–Trinajstić information content (AvgIpc) is 2.49. The molecule has 2 rings (SSSR count). The minimum Gasteiger partial charge on any atom is -0.281 e. The zero-order valence-electron chi connectivity index (χ0n) is 10.6. The van der Waals surface area contributed by atoms with E-state index in [2.05, 4.69) is 0 Å². The van der Waals surface area contributed by atoms with Crippen molar-refractivity contribution in [2.45, 2.75) is 0 Å². The van der Waals surface area contributed by atoms with Crippen molar-refractivity contribution in [3.8, 4) is 0 Å². The second-order valence-electron chi connectivity index (χ2n) is 3.99. The van der Waals surface area contributed by atoms with Crippen LogP contribution in [0.5, 0.6) is 0 Å². The van der Waals surface area contributed by atoms with Gasteiger partial charge in [0, 0.05) is 0 Å². The van der Waals surface area contributed by atoms with Crippen LogP contribution in [0.3, 0.4) is 0 Å². The Labute approximate surface area is 130 Å². The molecule has 0 spiro atoms. The van der Waals surface area contributed by atoms with Crippen LogP contribution in [-0.4, -0.2) is 10.2 Å². The molecule has 2 aromatic carbocycles. The van der Waals surface area contributed by atoms with Gasteiger partial charge in [-0.05, 0) is 58.0 Å². The van der Waals surface area contributed by atoms with Crippen molar-refractivity contribution in [2.24, 2.45) is 0 Å². The number of hydrogen-bond acceptors (Lipinski definition) is 4. The van der Waals surface area contributed by atoms with Crippen molar-refractivity contribution in [1.29, 1.82) is 0 Å². The van der Waals surface area contributed by atoms with E-state index in [1.54, 1.807) is 0 Å². The van der Waals surface area contributed by atoms with Crippen LogP contribution in [0.1, 0.15) is 20.7 Å². The first kappa shape index (κ1) is 16.6. The minimum absolute atomic E-state index is 0.302. The van der Waals surface area contributed by atoms with E-state index in [4.69, 9.17) is 0 Å². The summed E-state index contributed by atoms with van der Waals surface area (Å²) in [7, 11) is 0.605. The van der Waals surface area contributed by atoms with Gasteiger partial charge in [-0.1, -0.05) is 0 Å². The van der Waals surface area contributed by atoms with E-state index in [-0.39, 0.29) is 0 Å². The van der Waals surface area contributed by atoms with Gasteiger partial charge >= 0.3 is 0 Å². The Hall–Kier alpha value is -1.80. The minimum atomic E-state index is -0.941. The summed E-state index contributed by atoms with van der Waals surface area (Å²) in [6.45, 7) is 0. The molecule has 114 valence electrons. The van der Waals surface area contributed by atoms with Gasteiger partial charge in [0.1, 0.15) is 23.3 Å². The van der Waals surface area contributed by atoms with Crippen LogP contribution in [0.25, 0.3) is 0 Å². The Kier molecular flexibility index (Phi) is 5.25. The quantitative estimate of drug-likeness (QED) is 0.588. The van der Waals surface area contributed by atoms with Crippen LogP contribution in [0.4, 0.5) is 17.6 Å². The van der Waals surface area contributed by atoms with Gasteiger partial charge < -0.3 is 0 Å². The molecule has 8 heteroatoms. The normalized spacial score (nSPS) is 10.5. The van der Waals surface area contributed by atoms with Gasteiger partial charge in [-0.2, -0.15) is 0 Å². The highest BCUT2D eigenvalue weighted by atomic mass is 33.1. The lowest BCUT2D eigenvalue weighted by Gasteiger charge is -2.03. The molecule has 0 bridgehead atoms. The Bertz CT molecular complexity index is 686. The molecule has 22 heavy (non-hydrogen) atoms. The predicted molar refractivity (Wildman–Crippen MR) is 76.6 cm³/mol. The molecule has 0 amide bonds. The van der Waals surface area contributed by atoms with Crippen molar-refractivity contribution < 1.29 is 27.2 Å². The molecule has 0 saturated heterocycles. The molecular weight excluding hydrogens is 340 g/mol. The lowest BCUT2D eigenvalue weighted by atomic mass is 10.2. The smallest absolute Gasteiger partial charge is 0.233 e. The second-order valence-corrected chi connectivity index (χ2v) is 6.06. The van der Waals surface area contributed by atoms with Crippen molar-refractivity contribution >= 4 is 31.8 Å². The van der Waals surface area contributed by atoms with Crippen molar-refractivity contribution in [2.75, 3.05) is 0 Å². The first-order chi connectivity index (χ1) is 10.4. The van der Waals surface area contributed by atoms with Gasteiger partial charge in [0.2, 0.25) is 10.2 Å². The zero-order chi connectivity index (χ0) is 16.3. The monoisotopic (exact) mass is 346 g/mol. The van der Waals surface area contributed by atoms with Crippen molar-refractivity contribution in [3.05, 3.63) is 70.8 Å². The molecule has 0 atom stereocenters. The Morgan fingerprint density at radius 2 is 1.05 bits per heavy atom. The standard InChI is InChI=1S/C14H6F4O2S2/c15-7-1-3-11(17)9(5-7)13(19)21-22-14(20)10-6-8(16)2-4-12(10)18/h1-6H. The second kappa shape index (κ2) is 6.97. The number of benzene rings is 2. The first-order valence-corrected chi connectivity index (χ1v) is 7.86. The van der Waals surface area contributed by atoms with Crippen LogP contribution in [-0.2, 0) is 0 Å². The van der Waals surface area contributed by atoms with Crippen LogP contribution in [0, 0.1) is 23.3 Å². The van der Waals surface area contributed by atoms with E-state index in [0.717, 1.165) is 24.3 Å². The van der Waals surface area contributed by atoms with E-state index in [1.807, 2.05) is 0 Å². The van der Waals surface area contributed by atoms with Crippen LogP contribution in [0.15, 0.2) is 36.4 Å². The fraction of sp³-hybridized carbons (Fsp3) is 0. The molecule has 0 unspecified atom stereocenters. The SMILES string of the molecule is O=C(SSC(=O)c1cc(F)ccc1F)c1cc(F)ccc1F. The van der Waals surface area contributed by atoms with Gasteiger partial charge in [0.25, 0.3) is 0 Å². The molecular formula is C14H6F4O2S2. The molecule has 0 radical (unpaired) electrons.